The van der Waals surface area contributed by atoms with Gasteiger partial charge < -0.3 is 28.8 Å². The number of aromatic nitrogens is 3. The van der Waals surface area contributed by atoms with Crippen LogP contribution in [0.15, 0.2) is 53.8 Å². The number of carbonyl (C=O) groups is 1. The third-order valence-electron chi connectivity index (χ3n) is 7.34. The third-order valence-corrected chi connectivity index (χ3v) is 7.34. The van der Waals surface area contributed by atoms with Gasteiger partial charge in [-0.2, -0.15) is 0 Å². The van der Waals surface area contributed by atoms with Crippen LogP contribution in [0, 0.1) is 0 Å². The van der Waals surface area contributed by atoms with E-state index in [9.17, 15) is 9.59 Å². The first-order chi connectivity index (χ1) is 18.1. The van der Waals surface area contributed by atoms with Crippen molar-refractivity contribution < 1.29 is 14.3 Å². The van der Waals surface area contributed by atoms with Gasteiger partial charge in [0, 0.05) is 73.9 Å². The molecule has 1 saturated heterocycles. The molecule has 9 heteroatoms. The van der Waals surface area contributed by atoms with Gasteiger partial charge in [-0.05, 0) is 30.7 Å². The van der Waals surface area contributed by atoms with Crippen molar-refractivity contribution in [3.63, 3.8) is 0 Å². The molecular weight excluding hydrogens is 470 g/mol. The lowest BCUT2D eigenvalue weighted by Crippen LogP contribution is -2.43. The van der Waals surface area contributed by atoms with Crippen LogP contribution in [0.4, 0.5) is 5.69 Å². The summed E-state index contributed by atoms with van der Waals surface area (Å²) >= 11 is 0. The number of nitrogens with one attached hydrogen (secondary N) is 1. The molecule has 0 atom stereocenters. The molecule has 1 aliphatic heterocycles. The topological polar surface area (TPSA) is 90.6 Å². The van der Waals surface area contributed by atoms with Gasteiger partial charge in [0.15, 0.2) is 17.3 Å². The molecule has 0 spiro atoms. The first-order valence-corrected chi connectivity index (χ1v) is 12.5. The number of hydrogen-bond acceptors (Lipinski definition) is 7. The summed E-state index contributed by atoms with van der Waals surface area (Å²) in [5.74, 6) is 0.878. The van der Waals surface area contributed by atoms with Crippen LogP contribution >= 0.6 is 0 Å². The zero-order valence-corrected chi connectivity index (χ0v) is 21.0. The van der Waals surface area contributed by atoms with Gasteiger partial charge in [0.05, 0.1) is 37.2 Å². The summed E-state index contributed by atoms with van der Waals surface area (Å²) in [4.78, 5) is 34.3. The summed E-state index contributed by atoms with van der Waals surface area (Å²) in [6.45, 7) is 4.78. The number of piperazine rings is 1. The van der Waals surface area contributed by atoms with E-state index in [4.69, 9.17) is 9.47 Å². The van der Waals surface area contributed by atoms with E-state index >= 15 is 0 Å². The van der Waals surface area contributed by atoms with E-state index in [1.54, 1.807) is 43.4 Å². The minimum atomic E-state index is -0.146. The predicted molar refractivity (Wildman–Crippen MR) is 142 cm³/mol. The zero-order valence-electron chi connectivity index (χ0n) is 21.0. The minimum Gasteiger partial charge on any atom is -0.493 e. The number of benzene rings is 2. The van der Waals surface area contributed by atoms with E-state index in [1.165, 1.54) is 0 Å². The summed E-state index contributed by atoms with van der Waals surface area (Å²) < 4.78 is 14.7. The lowest BCUT2D eigenvalue weighted by Gasteiger charge is -2.29. The Morgan fingerprint density at radius 3 is 2.41 bits per heavy atom. The quantitative estimate of drug-likeness (QED) is 0.368. The molecule has 4 aromatic rings. The zero-order chi connectivity index (χ0) is 25.5. The molecule has 0 amide bonds. The maximum Gasteiger partial charge on any atom is 0.259 e. The average Bonchev–Trinajstić information content (AvgIpc) is 3.56. The Morgan fingerprint density at radius 2 is 1.70 bits per heavy atom. The molecular formula is C28H29N5O4. The van der Waals surface area contributed by atoms with Gasteiger partial charge in [-0.15, -0.1) is 0 Å². The van der Waals surface area contributed by atoms with E-state index in [-0.39, 0.29) is 11.3 Å². The van der Waals surface area contributed by atoms with Crippen LogP contribution in [-0.4, -0.2) is 60.3 Å². The Hall–Kier alpha value is -4.11. The normalized spacial score (nSPS) is 14.6. The van der Waals surface area contributed by atoms with Crippen molar-refractivity contribution >= 4 is 22.2 Å². The number of carbonyl (C=O) groups excluding carboxylic acids is 1. The number of anilines is 1. The van der Waals surface area contributed by atoms with E-state index in [0.717, 1.165) is 37.4 Å². The Labute approximate surface area is 214 Å². The average molecular weight is 500 g/mol. The van der Waals surface area contributed by atoms with Crippen molar-refractivity contribution in [3.05, 3.63) is 70.5 Å². The SMILES string of the molecule is COc1cc2c3c(n(CCCn4ccnc4)c(=O)c2cc1OC)-c1ccc(N2CCNCC2)cc1C3=O. The molecule has 3 heterocycles. The predicted octanol–water partition coefficient (Wildman–Crippen LogP) is 2.93. The molecule has 9 nitrogen and oxygen atoms in total. The number of aryl methyl sites for hydroxylation is 1. The van der Waals surface area contributed by atoms with Gasteiger partial charge in [0.2, 0.25) is 0 Å². The molecule has 1 aliphatic carbocycles. The Bertz CT molecular complexity index is 1550. The number of ketones is 1. The summed E-state index contributed by atoms with van der Waals surface area (Å²) in [7, 11) is 3.09. The minimum absolute atomic E-state index is 0.0671. The number of pyridine rings is 1. The molecule has 0 unspecified atom stereocenters. The lowest BCUT2D eigenvalue weighted by molar-refractivity contribution is 0.104. The number of ether oxygens (including phenoxy) is 2. The van der Waals surface area contributed by atoms with Crippen LogP contribution < -0.4 is 25.2 Å². The summed E-state index contributed by atoms with van der Waals surface area (Å²) in [5, 5.41) is 4.41. The molecule has 190 valence electrons. The van der Waals surface area contributed by atoms with Crippen LogP contribution in [0.1, 0.15) is 22.3 Å². The maximum atomic E-state index is 14.0. The fourth-order valence-corrected chi connectivity index (χ4v) is 5.51. The van der Waals surface area contributed by atoms with E-state index in [1.807, 2.05) is 22.9 Å². The number of nitrogens with zero attached hydrogens (tertiary/aromatic N) is 4. The molecule has 37 heavy (non-hydrogen) atoms. The fraction of sp³-hybridized carbons (Fsp3) is 0.321. The second-order valence-corrected chi connectivity index (χ2v) is 9.38. The molecule has 0 saturated carbocycles. The highest BCUT2D eigenvalue weighted by Crippen LogP contribution is 2.43. The summed E-state index contributed by atoms with van der Waals surface area (Å²) in [6, 6.07) is 9.48. The molecule has 0 radical (unpaired) electrons. The highest BCUT2D eigenvalue weighted by molar-refractivity contribution is 6.27. The molecule has 2 aliphatic rings. The van der Waals surface area contributed by atoms with E-state index in [0.29, 0.717) is 58.6 Å². The van der Waals surface area contributed by atoms with Crippen LogP contribution in [0.25, 0.3) is 22.0 Å². The fourth-order valence-electron chi connectivity index (χ4n) is 5.51. The number of methoxy groups -OCH3 is 2. The van der Waals surface area contributed by atoms with Crippen LogP contribution in [0.5, 0.6) is 11.5 Å². The van der Waals surface area contributed by atoms with Crippen LogP contribution in [0.3, 0.4) is 0 Å². The monoisotopic (exact) mass is 499 g/mol. The molecule has 6 rings (SSSR count). The van der Waals surface area contributed by atoms with Gasteiger partial charge in [-0.25, -0.2) is 4.98 Å². The number of rotatable bonds is 7. The highest BCUT2D eigenvalue weighted by atomic mass is 16.5. The van der Waals surface area contributed by atoms with Gasteiger partial charge in [-0.3, -0.25) is 9.59 Å². The van der Waals surface area contributed by atoms with Crippen molar-refractivity contribution in [1.82, 2.24) is 19.4 Å². The lowest BCUT2D eigenvalue weighted by atomic mass is 10.0. The first-order valence-electron chi connectivity index (χ1n) is 12.5. The summed E-state index contributed by atoms with van der Waals surface area (Å²) in [5.41, 5.74) is 3.55. The first kappa shape index (κ1) is 23.3. The van der Waals surface area contributed by atoms with Gasteiger partial charge in [-0.1, -0.05) is 6.07 Å². The summed E-state index contributed by atoms with van der Waals surface area (Å²) in [6.07, 6.45) is 6.12. The Balaban J connectivity index is 1.52. The number of imidazole rings is 1. The van der Waals surface area contributed by atoms with Gasteiger partial charge >= 0.3 is 0 Å². The standard InChI is InChI=1S/C28H29N5O4/c1-36-23-15-20-22(16-24(23)37-2)28(35)33(10-3-9-31-11-6-30-17-31)26-19-5-4-18(32-12-7-29-8-13-32)14-21(19)27(34)25(20)26/h4-6,11,14-17,29H,3,7-10,12-13H2,1-2H3. The third kappa shape index (κ3) is 3.86. The highest BCUT2D eigenvalue weighted by Gasteiger charge is 2.34. The second kappa shape index (κ2) is 9.40. The van der Waals surface area contributed by atoms with E-state index in [2.05, 4.69) is 21.3 Å². The van der Waals surface area contributed by atoms with Crippen molar-refractivity contribution in [2.24, 2.45) is 0 Å². The molecule has 2 aromatic carbocycles. The smallest absolute Gasteiger partial charge is 0.259 e. The van der Waals surface area contributed by atoms with Crippen LogP contribution in [-0.2, 0) is 13.1 Å². The largest absolute Gasteiger partial charge is 0.493 e. The Kier molecular flexibility index (Phi) is 5.92. The van der Waals surface area contributed by atoms with Crippen molar-refractivity contribution in [1.29, 1.82) is 0 Å². The molecule has 1 N–H and O–H groups in total. The van der Waals surface area contributed by atoms with E-state index < -0.39 is 0 Å². The van der Waals surface area contributed by atoms with Gasteiger partial charge in [0.25, 0.3) is 5.56 Å². The molecule has 0 bridgehead atoms. The second-order valence-electron chi connectivity index (χ2n) is 9.38. The van der Waals surface area contributed by atoms with Crippen LogP contribution in [0.2, 0.25) is 0 Å². The number of fused-ring (bicyclic) bond motifs is 5. The van der Waals surface area contributed by atoms with Crippen molar-refractivity contribution in [3.8, 4) is 22.8 Å². The van der Waals surface area contributed by atoms with Gasteiger partial charge in [0.1, 0.15) is 0 Å². The maximum absolute atomic E-state index is 14.0. The van der Waals surface area contributed by atoms with Crippen molar-refractivity contribution in [2.75, 3.05) is 45.3 Å². The number of hydrogen-bond donors (Lipinski definition) is 1. The molecule has 2 aromatic heterocycles. The van der Waals surface area contributed by atoms with Crippen molar-refractivity contribution in [2.45, 2.75) is 19.5 Å². The molecule has 1 fully saturated rings. The Morgan fingerprint density at radius 1 is 0.946 bits per heavy atom.